The van der Waals surface area contributed by atoms with Crippen LogP contribution in [0.2, 0.25) is 0 Å². The maximum absolute atomic E-state index is 12.2. The molecule has 0 aliphatic carbocycles. The van der Waals surface area contributed by atoms with E-state index in [2.05, 4.69) is 36.6 Å². The van der Waals surface area contributed by atoms with Crippen molar-refractivity contribution < 1.29 is 4.79 Å². The van der Waals surface area contributed by atoms with Crippen molar-refractivity contribution in [3.05, 3.63) is 82.7 Å². The van der Waals surface area contributed by atoms with E-state index in [9.17, 15) is 4.79 Å². The van der Waals surface area contributed by atoms with Gasteiger partial charge in [-0.1, -0.05) is 30.3 Å². The molecule has 2 N–H and O–H groups in total. The topological polar surface area (TPSA) is 74.5 Å². The van der Waals surface area contributed by atoms with Crippen LogP contribution in [0.25, 0.3) is 5.69 Å². The van der Waals surface area contributed by atoms with Gasteiger partial charge in [-0.15, -0.1) is 24.0 Å². The third-order valence-corrected chi connectivity index (χ3v) is 5.47. The second-order valence-electron chi connectivity index (χ2n) is 8.17. The Morgan fingerprint density at radius 3 is 2.47 bits per heavy atom. The van der Waals surface area contributed by atoms with E-state index in [-0.39, 0.29) is 29.9 Å². The zero-order valence-corrected chi connectivity index (χ0v) is 23.0. The Bertz CT molecular complexity index is 1110. The van der Waals surface area contributed by atoms with Gasteiger partial charge in [0.2, 0.25) is 0 Å². The molecule has 3 rings (SSSR count). The van der Waals surface area contributed by atoms with Crippen LogP contribution in [0.4, 0.5) is 0 Å². The molecule has 0 saturated heterocycles. The monoisotopic (exact) mass is 574 g/mol. The van der Waals surface area contributed by atoms with Gasteiger partial charge in [-0.05, 0) is 57.0 Å². The number of guanidine groups is 1. The average molecular weight is 575 g/mol. The smallest absolute Gasteiger partial charge is 0.253 e. The zero-order valence-electron chi connectivity index (χ0n) is 20.6. The second kappa shape index (κ2) is 13.1. The number of para-hydroxylation sites is 1. The van der Waals surface area contributed by atoms with E-state index >= 15 is 0 Å². The molecule has 182 valence electrons. The number of carbonyl (C=O) groups excluding carboxylic acids is 1. The lowest BCUT2D eigenvalue weighted by atomic mass is 10.1. The average Bonchev–Trinajstić information content (AvgIpc) is 3.10. The van der Waals surface area contributed by atoms with Gasteiger partial charge in [-0.3, -0.25) is 4.79 Å². The summed E-state index contributed by atoms with van der Waals surface area (Å²) in [5.41, 5.74) is 6.08. The number of nitrogens with one attached hydrogen (secondary N) is 2. The number of hydrogen-bond donors (Lipinski definition) is 2. The fourth-order valence-corrected chi connectivity index (χ4v) is 3.67. The summed E-state index contributed by atoms with van der Waals surface area (Å²) in [6.45, 7) is 8.20. The molecule has 7 nitrogen and oxygen atoms in total. The molecule has 1 amide bonds. The molecule has 0 atom stereocenters. The minimum atomic E-state index is 0. The first kappa shape index (κ1) is 27.4. The molecule has 0 radical (unpaired) electrons. The molecule has 0 unspecified atom stereocenters. The Balaban J connectivity index is 0.00000408. The molecular weight excluding hydrogens is 539 g/mol. The molecule has 1 aromatic heterocycles. The zero-order chi connectivity index (χ0) is 23.8. The highest BCUT2D eigenvalue weighted by molar-refractivity contribution is 14.0. The van der Waals surface area contributed by atoms with Gasteiger partial charge in [0.1, 0.15) is 0 Å². The second-order valence-corrected chi connectivity index (χ2v) is 8.17. The van der Waals surface area contributed by atoms with E-state index in [1.54, 1.807) is 19.0 Å². The van der Waals surface area contributed by atoms with Gasteiger partial charge in [0, 0.05) is 44.0 Å². The molecule has 2 aromatic carbocycles. The van der Waals surface area contributed by atoms with Gasteiger partial charge in [0.25, 0.3) is 5.91 Å². The van der Waals surface area contributed by atoms with Crippen LogP contribution in [0, 0.1) is 13.8 Å². The molecule has 0 aliphatic rings. The van der Waals surface area contributed by atoms with E-state index < -0.39 is 0 Å². The highest BCUT2D eigenvalue weighted by Gasteiger charge is 2.13. The fourth-order valence-electron chi connectivity index (χ4n) is 3.67. The van der Waals surface area contributed by atoms with Crippen LogP contribution in [0.15, 0.2) is 59.6 Å². The van der Waals surface area contributed by atoms with Crippen molar-refractivity contribution in [1.29, 1.82) is 0 Å². The quantitative estimate of drug-likeness (QED) is 0.242. The van der Waals surface area contributed by atoms with Crippen LogP contribution < -0.4 is 10.6 Å². The number of benzene rings is 2. The summed E-state index contributed by atoms with van der Waals surface area (Å²) in [5, 5.41) is 11.4. The first-order valence-electron chi connectivity index (χ1n) is 11.3. The molecule has 0 bridgehead atoms. The van der Waals surface area contributed by atoms with Crippen LogP contribution >= 0.6 is 24.0 Å². The SMILES string of the molecule is CCNC(=NCc1c(C)nn(-c2ccccc2)c1C)NCCc1cccc(C(=O)N(C)C)c1.I. The maximum Gasteiger partial charge on any atom is 0.253 e. The van der Waals surface area contributed by atoms with Gasteiger partial charge in [-0.2, -0.15) is 5.10 Å². The maximum atomic E-state index is 12.2. The first-order chi connectivity index (χ1) is 15.9. The standard InChI is InChI=1S/C26H34N6O.HI/c1-6-27-26(28-16-15-21-11-10-12-22(17-21)25(33)31(4)5)29-18-24-19(2)30-32(20(24)3)23-13-8-7-9-14-23;/h7-14,17H,6,15-16,18H2,1-5H3,(H2,27,28,29);1H. The molecule has 1 heterocycles. The summed E-state index contributed by atoms with van der Waals surface area (Å²) in [6.07, 6.45) is 0.795. The highest BCUT2D eigenvalue weighted by Crippen LogP contribution is 2.18. The first-order valence-corrected chi connectivity index (χ1v) is 11.3. The van der Waals surface area contributed by atoms with Crippen LogP contribution in [-0.4, -0.2) is 53.7 Å². The van der Waals surface area contributed by atoms with E-state index in [1.165, 1.54) is 0 Å². The van der Waals surface area contributed by atoms with E-state index in [4.69, 9.17) is 10.1 Å². The Morgan fingerprint density at radius 1 is 1.06 bits per heavy atom. The molecule has 8 heteroatoms. The number of aromatic nitrogens is 2. The predicted octanol–water partition coefficient (Wildman–Crippen LogP) is 4.11. The summed E-state index contributed by atoms with van der Waals surface area (Å²) < 4.78 is 1.97. The number of aliphatic imine (C=N–C) groups is 1. The van der Waals surface area contributed by atoms with Gasteiger partial charge in [-0.25, -0.2) is 9.67 Å². The third-order valence-electron chi connectivity index (χ3n) is 5.47. The van der Waals surface area contributed by atoms with Crippen LogP contribution in [0.5, 0.6) is 0 Å². The summed E-state index contributed by atoms with van der Waals surface area (Å²) in [4.78, 5) is 18.6. The lowest BCUT2D eigenvalue weighted by Gasteiger charge is -2.13. The Labute approximate surface area is 219 Å². The lowest BCUT2D eigenvalue weighted by molar-refractivity contribution is 0.0827. The normalized spacial score (nSPS) is 11.0. The van der Waals surface area contributed by atoms with Crippen molar-refractivity contribution in [2.45, 2.75) is 33.7 Å². The van der Waals surface area contributed by atoms with Crippen molar-refractivity contribution in [2.24, 2.45) is 4.99 Å². The van der Waals surface area contributed by atoms with Crippen molar-refractivity contribution >= 4 is 35.8 Å². The number of hydrogen-bond acceptors (Lipinski definition) is 3. The van der Waals surface area contributed by atoms with Crippen molar-refractivity contribution in [3.63, 3.8) is 0 Å². The molecule has 0 saturated carbocycles. The highest BCUT2D eigenvalue weighted by atomic mass is 127. The van der Waals surface area contributed by atoms with Gasteiger partial charge < -0.3 is 15.5 Å². The number of amides is 1. The fraction of sp³-hybridized carbons (Fsp3) is 0.346. The van der Waals surface area contributed by atoms with Crippen LogP contribution in [0.1, 0.15) is 39.8 Å². The predicted molar refractivity (Wildman–Crippen MR) is 149 cm³/mol. The summed E-state index contributed by atoms with van der Waals surface area (Å²) in [7, 11) is 3.53. The summed E-state index contributed by atoms with van der Waals surface area (Å²) in [6, 6.07) is 17.9. The van der Waals surface area contributed by atoms with Gasteiger partial charge in [0.05, 0.1) is 17.9 Å². The van der Waals surface area contributed by atoms with Gasteiger partial charge >= 0.3 is 0 Å². The minimum absolute atomic E-state index is 0. The minimum Gasteiger partial charge on any atom is -0.357 e. The third kappa shape index (κ3) is 7.06. The van der Waals surface area contributed by atoms with Gasteiger partial charge in [0.15, 0.2) is 5.96 Å². The molecule has 0 aliphatic heterocycles. The van der Waals surface area contributed by atoms with E-state index in [0.717, 1.165) is 47.1 Å². The van der Waals surface area contributed by atoms with E-state index in [0.29, 0.717) is 18.7 Å². The number of nitrogens with zero attached hydrogens (tertiary/aromatic N) is 4. The summed E-state index contributed by atoms with van der Waals surface area (Å²) in [5.74, 6) is 0.783. The lowest BCUT2D eigenvalue weighted by Crippen LogP contribution is -2.38. The number of halogens is 1. The molecule has 0 spiro atoms. The molecule has 3 aromatic rings. The van der Waals surface area contributed by atoms with Crippen molar-refractivity contribution in [1.82, 2.24) is 25.3 Å². The Hall–Kier alpha value is -2.88. The molecule has 34 heavy (non-hydrogen) atoms. The van der Waals surface area contributed by atoms with E-state index in [1.807, 2.05) is 54.1 Å². The van der Waals surface area contributed by atoms with Crippen molar-refractivity contribution in [3.8, 4) is 5.69 Å². The van der Waals surface area contributed by atoms with Crippen LogP contribution in [0.3, 0.4) is 0 Å². The largest absolute Gasteiger partial charge is 0.357 e. The molecular formula is C26H35IN6O. The summed E-state index contributed by atoms with van der Waals surface area (Å²) >= 11 is 0. The molecule has 0 fully saturated rings. The number of rotatable bonds is 8. The Morgan fingerprint density at radius 2 is 1.79 bits per heavy atom. The number of carbonyl (C=O) groups is 1. The Kier molecular flexibility index (Phi) is 10.6. The number of aryl methyl sites for hydroxylation is 1. The van der Waals surface area contributed by atoms with Crippen LogP contribution in [-0.2, 0) is 13.0 Å². The van der Waals surface area contributed by atoms with Crippen molar-refractivity contribution in [2.75, 3.05) is 27.2 Å².